The van der Waals surface area contributed by atoms with E-state index in [-0.39, 0.29) is 29.8 Å². The molecule has 2 saturated heterocycles. The molecule has 8 heteroatoms. The molecule has 2 aliphatic heterocycles. The van der Waals surface area contributed by atoms with Crippen LogP contribution in [0.4, 0.5) is 4.79 Å². The van der Waals surface area contributed by atoms with Crippen LogP contribution >= 0.6 is 0 Å². The van der Waals surface area contributed by atoms with E-state index in [0.717, 1.165) is 43.0 Å². The minimum atomic E-state index is -0.884. The molecule has 1 aromatic rings. The normalized spacial score (nSPS) is 29.4. The topological polar surface area (TPSA) is 94.9 Å². The molecular formula is C23H34N4O4. The van der Waals surface area contributed by atoms with Crippen LogP contribution in [0.15, 0.2) is 22.8 Å². The molecule has 1 saturated carbocycles. The van der Waals surface area contributed by atoms with E-state index < -0.39 is 11.6 Å². The Kier molecular flexibility index (Phi) is 5.85. The van der Waals surface area contributed by atoms with Crippen molar-refractivity contribution in [2.45, 2.75) is 64.5 Å². The van der Waals surface area contributed by atoms with E-state index in [4.69, 9.17) is 4.42 Å². The second kappa shape index (κ2) is 8.30. The number of hydrogen-bond acceptors (Lipinski definition) is 5. The average molecular weight is 431 g/mol. The highest BCUT2D eigenvalue weighted by Gasteiger charge is 2.56. The summed E-state index contributed by atoms with van der Waals surface area (Å²) in [6, 6.07) is 3.25. The molecule has 4 rings (SSSR count). The van der Waals surface area contributed by atoms with Gasteiger partial charge in [-0.3, -0.25) is 19.4 Å². The van der Waals surface area contributed by atoms with Gasteiger partial charge in [-0.2, -0.15) is 0 Å². The first kappa shape index (κ1) is 21.9. The lowest BCUT2D eigenvalue weighted by Gasteiger charge is -2.43. The number of imide groups is 1. The second-order valence-corrected chi connectivity index (χ2v) is 10.3. The van der Waals surface area contributed by atoms with Crippen molar-refractivity contribution in [3.8, 4) is 0 Å². The van der Waals surface area contributed by atoms with Gasteiger partial charge in [-0.15, -0.1) is 0 Å². The summed E-state index contributed by atoms with van der Waals surface area (Å²) < 4.78 is 5.59. The molecule has 1 aromatic heterocycles. The summed E-state index contributed by atoms with van der Waals surface area (Å²) in [6.07, 6.45) is 6.13. The van der Waals surface area contributed by atoms with Crippen LogP contribution in [-0.4, -0.2) is 59.4 Å². The number of likely N-dealkylation sites (tertiary alicyclic amines) is 1. The first-order valence-corrected chi connectivity index (χ1v) is 11.4. The van der Waals surface area contributed by atoms with Gasteiger partial charge >= 0.3 is 6.03 Å². The quantitative estimate of drug-likeness (QED) is 0.677. The molecule has 3 fully saturated rings. The van der Waals surface area contributed by atoms with Gasteiger partial charge in [0, 0.05) is 6.54 Å². The third-order valence-electron chi connectivity index (χ3n) is 6.87. The van der Waals surface area contributed by atoms with Crippen LogP contribution < -0.4 is 10.6 Å². The number of nitrogens with zero attached hydrogens (tertiary/aromatic N) is 2. The van der Waals surface area contributed by atoms with Crippen LogP contribution in [0, 0.1) is 11.3 Å². The summed E-state index contributed by atoms with van der Waals surface area (Å²) in [5.74, 6) is 0.541. The Bertz CT molecular complexity index is 831. The Hall–Kier alpha value is -2.35. The van der Waals surface area contributed by atoms with Gasteiger partial charge in [-0.1, -0.05) is 20.8 Å². The van der Waals surface area contributed by atoms with Crippen molar-refractivity contribution < 1.29 is 18.8 Å². The zero-order valence-corrected chi connectivity index (χ0v) is 18.8. The molecule has 3 heterocycles. The number of hydrogen-bond donors (Lipinski definition) is 2. The number of amides is 4. The highest BCUT2D eigenvalue weighted by molar-refractivity contribution is 6.09. The summed E-state index contributed by atoms with van der Waals surface area (Å²) in [6.45, 7) is 8.43. The Morgan fingerprint density at radius 1 is 1.29 bits per heavy atom. The molecule has 170 valence electrons. The van der Waals surface area contributed by atoms with Gasteiger partial charge < -0.3 is 15.1 Å². The molecule has 0 bridgehead atoms. The van der Waals surface area contributed by atoms with E-state index in [1.807, 2.05) is 12.1 Å². The molecule has 31 heavy (non-hydrogen) atoms. The zero-order valence-electron chi connectivity index (χ0n) is 18.8. The summed E-state index contributed by atoms with van der Waals surface area (Å²) in [5, 5.41) is 5.84. The first-order valence-electron chi connectivity index (χ1n) is 11.4. The number of rotatable bonds is 6. The van der Waals surface area contributed by atoms with Gasteiger partial charge in [0.25, 0.3) is 5.91 Å². The lowest BCUT2D eigenvalue weighted by molar-refractivity contribution is -0.137. The van der Waals surface area contributed by atoms with E-state index in [2.05, 4.69) is 36.3 Å². The number of urea groups is 1. The van der Waals surface area contributed by atoms with Crippen LogP contribution in [-0.2, 0) is 9.59 Å². The predicted octanol–water partition coefficient (Wildman–Crippen LogP) is 2.67. The summed E-state index contributed by atoms with van der Waals surface area (Å²) in [7, 11) is 0. The molecule has 0 aromatic carbocycles. The number of nitrogens with one attached hydrogen (secondary N) is 2. The first-order chi connectivity index (χ1) is 14.7. The maximum absolute atomic E-state index is 13.2. The molecule has 0 radical (unpaired) electrons. The van der Waals surface area contributed by atoms with E-state index in [1.165, 1.54) is 0 Å². The lowest BCUT2D eigenvalue weighted by atomic mass is 9.64. The molecule has 4 amide bonds. The van der Waals surface area contributed by atoms with Gasteiger partial charge in [0.2, 0.25) is 5.91 Å². The van der Waals surface area contributed by atoms with Crippen molar-refractivity contribution in [2.75, 3.05) is 26.2 Å². The highest BCUT2D eigenvalue weighted by Crippen LogP contribution is 2.46. The van der Waals surface area contributed by atoms with E-state index in [0.29, 0.717) is 25.3 Å². The van der Waals surface area contributed by atoms with Crippen LogP contribution in [0.3, 0.4) is 0 Å². The Morgan fingerprint density at radius 3 is 2.68 bits per heavy atom. The minimum Gasteiger partial charge on any atom is -0.468 e. The van der Waals surface area contributed by atoms with Gasteiger partial charge in [0.05, 0.1) is 12.3 Å². The van der Waals surface area contributed by atoms with Crippen molar-refractivity contribution in [1.82, 2.24) is 20.4 Å². The third-order valence-corrected chi connectivity index (χ3v) is 6.87. The van der Waals surface area contributed by atoms with Crippen molar-refractivity contribution in [1.29, 1.82) is 0 Å². The molecule has 8 nitrogen and oxygen atoms in total. The molecule has 3 atom stereocenters. The second-order valence-electron chi connectivity index (χ2n) is 10.3. The fourth-order valence-electron chi connectivity index (χ4n) is 6.00. The molecule has 2 N–H and O–H groups in total. The van der Waals surface area contributed by atoms with E-state index in [9.17, 15) is 14.4 Å². The molecule has 3 unspecified atom stereocenters. The van der Waals surface area contributed by atoms with Gasteiger partial charge in [-0.25, -0.2) is 4.79 Å². The monoisotopic (exact) mass is 430 g/mol. The highest BCUT2D eigenvalue weighted by atomic mass is 16.3. The van der Waals surface area contributed by atoms with Gasteiger partial charge in [-0.05, 0) is 68.7 Å². The molecule has 3 aliphatic rings. The van der Waals surface area contributed by atoms with Crippen LogP contribution in [0.5, 0.6) is 0 Å². The van der Waals surface area contributed by atoms with Crippen molar-refractivity contribution in [3.05, 3.63) is 24.2 Å². The Morgan fingerprint density at radius 2 is 2.03 bits per heavy atom. The van der Waals surface area contributed by atoms with Gasteiger partial charge in [0.15, 0.2) is 0 Å². The predicted molar refractivity (Wildman–Crippen MR) is 115 cm³/mol. The number of furan rings is 1. The van der Waals surface area contributed by atoms with E-state index in [1.54, 1.807) is 6.26 Å². The van der Waals surface area contributed by atoms with Crippen molar-refractivity contribution in [3.63, 3.8) is 0 Å². The van der Waals surface area contributed by atoms with Crippen molar-refractivity contribution >= 4 is 17.8 Å². The van der Waals surface area contributed by atoms with Gasteiger partial charge in [0.1, 0.15) is 17.8 Å². The number of carbonyl (C=O) groups is 3. The summed E-state index contributed by atoms with van der Waals surface area (Å²) >= 11 is 0. The minimum absolute atomic E-state index is 0.0368. The maximum atomic E-state index is 13.2. The number of carbonyl (C=O) groups excluding carboxylic acids is 3. The largest absolute Gasteiger partial charge is 0.468 e. The third kappa shape index (κ3) is 4.49. The Balaban J connectivity index is 1.39. The zero-order chi connectivity index (χ0) is 22.2. The standard InChI is InChI=1S/C23H34N4O4/c1-16-11-22(2,3)15-23(12-16)20(29)27(21(30)25-23)14-19(28)24-13-17(18-7-6-10-31-18)26-8-4-5-9-26/h6-7,10,16-17H,4-5,8-9,11-15H2,1-3H3,(H,24,28)(H,25,30). The fraction of sp³-hybridized carbons (Fsp3) is 0.696. The smallest absolute Gasteiger partial charge is 0.325 e. The molecular weight excluding hydrogens is 396 g/mol. The summed E-state index contributed by atoms with van der Waals surface area (Å²) in [5.41, 5.74) is -0.921. The molecule has 1 spiro atoms. The van der Waals surface area contributed by atoms with E-state index >= 15 is 0 Å². The lowest BCUT2D eigenvalue weighted by Crippen LogP contribution is -2.54. The average Bonchev–Trinajstić information content (AvgIpc) is 3.41. The Labute approximate surface area is 183 Å². The van der Waals surface area contributed by atoms with Crippen LogP contribution in [0.2, 0.25) is 0 Å². The fourth-order valence-corrected chi connectivity index (χ4v) is 6.00. The SMILES string of the molecule is CC1CC(C)(C)CC2(C1)NC(=O)N(CC(=O)NCC(c1ccco1)N1CCCC1)C2=O. The van der Waals surface area contributed by atoms with Crippen molar-refractivity contribution in [2.24, 2.45) is 11.3 Å². The van der Waals surface area contributed by atoms with Crippen LogP contribution in [0.1, 0.15) is 64.7 Å². The maximum Gasteiger partial charge on any atom is 0.325 e. The molecule has 1 aliphatic carbocycles. The summed E-state index contributed by atoms with van der Waals surface area (Å²) in [4.78, 5) is 42.0. The van der Waals surface area contributed by atoms with Crippen LogP contribution in [0.25, 0.3) is 0 Å².